The summed E-state index contributed by atoms with van der Waals surface area (Å²) in [5.74, 6) is 0.687. The summed E-state index contributed by atoms with van der Waals surface area (Å²) in [4.78, 5) is 4.31. The summed E-state index contributed by atoms with van der Waals surface area (Å²) in [7, 11) is 0. The van der Waals surface area contributed by atoms with E-state index in [-0.39, 0.29) is 0 Å². The van der Waals surface area contributed by atoms with Crippen molar-refractivity contribution in [3.63, 3.8) is 0 Å². The van der Waals surface area contributed by atoms with Crippen molar-refractivity contribution in [2.24, 2.45) is 0 Å². The minimum absolute atomic E-state index is 0.687. The van der Waals surface area contributed by atoms with E-state index in [2.05, 4.69) is 27.8 Å². The Hall–Kier alpha value is -1.13. The summed E-state index contributed by atoms with van der Waals surface area (Å²) in [6, 6.07) is 7.68. The Labute approximate surface area is 116 Å². The quantitative estimate of drug-likeness (QED) is 0.941. The van der Waals surface area contributed by atoms with Crippen LogP contribution in [-0.4, -0.2) is 14.7 Å². The molecule has 2 aromatic rings. The highest BCUT2D eigenvalue weighted by atomic mass is 79.9. The van der Waals surface area contributed by atoms with Crippen molar-refractivity contribution in [1.82, 2.24) is 9.55 Å². The van der Waals surface area contributed by atoms with Crippen LogP contribution in [0.25, 0.3) is 0 Å². The predicted molar refractivity (Wildman–Crippen MR) is 75.3 cm³/mol. The number of imidazole rings is 1. The van der Waals surface area contributed by atoms with E-state index in [1.165, 1.54) is 0 Å². The van der Waals surface area contributed by atoms with E-state index in [1.807, 2.05) is 35.0 Å². The summed E-state index contributed by atoms with van der Waals surface area (Å²) in [6.07, 6.45) is 4.66. The van der Waals surface area contributed by atoms with Gasteiger partial charge in [0.25, 0.3) is 0 Å². The maximum Gasteiger partial charge on any atom is 0.145 e. The van der Waals surface area contributed by atoms with Crippen molar-refractivity contribution in [1.29, 1.82) is 0 Å². The largest absolute Gasteiger partial charge is 0.377 e. The van der Waals surface area contributed by atoms with Crippen LogP contribution in [0.15, 0.2) is 41.1 Å². The molecule has 2 rings (SSSR count). The second-order valence-electron chi connectivity index (χ2n) is 4.52. The number of nitrogens with zero attached hydrogens (tertiary/aromatic N) is 2. The molecule has 0 spiro atoms. The molecule has 0 radical (unpaired) electrons. The second kappa shape index (κ2) is 5.24. The van der Waals surface area contributed by atoms with Crippen LogP contribution in [-0.2, 0) is 12.1 Å². The molecule has 0 fully saturated rings. The zero-order valence-corrected chi connectivity index (χ0v) is 12.2. The Balaban J connectivity index is 2.40. The molecule has 1 aromatic heterocycles. The SMILES string of the molecule is CCCn1ccnc1C(C)(O)c1ccc(Br)cc1. The van der Waals surface area contributed by atoms with Gasteiger partial charge in [0.2, 0.25) is 0 Å². The molecule has 96 valence electrons. The maximum absolute atomic E-state index is 10.7. The number of halogens is 1. The summed E-state index contributed by atoms with van der Waals surface area (Å²) in [6.45, 7) is 4.75. The highest BCUT2D eigenvalue weighted by Crippen LogP contribution is 2.28. The molecule has 1 atom stereocenters. The van der Waals surface area contributed by atoms with Crippen molar-refractivity contribution < 1.29 is 5.11 Å². The van der Waals surface area contributed by atoms with E-state index in [9.17, 15) is 5.11 Å². The van der Waals surface area contributed by atoms with Gasteiger partial charge in [0, 0.05) is 23.4 Å². The number of hydrogen-bond donors (Lipinski definition) is 1. The van der Waals surface area contributed by atoms with E-state index in [0.717, 1.165) is 23.0 Å². The Morgan fingerprint density at radius 3 is 2.61 bits per heavy atom. The lowest BCUT2D eigenvalue weighted by molar-refractivity contribution is 0.0879. The monoisotopic (exact) mass is 308 g/mol. The molecule has 0 saturated carbocycles. The van der Waals surface area contributed by atoms with Crippen LogP contribution in [0, 0.1) is 0 Å². The van der Waals surface area contributed by atoms with Crippen LogP contribution in [0.4, 0.5) is 0 Å². The van der Waals surface area contributed by atoms with E-state index < -0.39 is 5.60 Å². The lowest BCUT2D eigenvalue weighted by Crippen LogP contribution is -2.27. The van der Waals surface area contributed by atoms with Crippen molar-refractivity contribution in [2.45, 2.75) is 32.4 Å². The molecule has 0 aliphatic carbocycles. The predicted octanol–water partition coefficient (Wildman–Crippen LogP) is 3.31. The molecule has 1 heterocycles. The average molecular weight is 309 g/mol. The summed E-state index contributed by atoms with van der Waals surface area (Å²) >= 11 is 3.40. The van der Waals surface area contributed by atoms with E-state index in [1.54, 1.807) is 13.1 Å². The van der Waals surface area contributed by atoms with Gasteiger partial charge in [0.05, 0.1) is 0 Å². The third-order valence-electron chi connectivity index (χ3n) is 3.02. The molecule has 1 N–H and O–H groups in total. The van der Waals surface area contributed by atoms with E-state index in [4.69, 9.17) is 0 Å². The highest BCUT2D eigenvalue weighted by molar-refractivity contribution is 9.10. The summed E-state index contributed by atoms with van der Waals surface area (Å²) < 4.78 is 3.00. The molecule has 0 aliphatic rings. The number of aliphatic hydroxyl groups is 1. The number of aryl methyl sites for hydroxylation is 1. The van der Waals surface area contributed by atoms with Crippen molar-refractivity contribution in [2.75, 3.05) is 0 Å². The van der Waals surface area contributed by atoms with Gasteiger partial charge in [-0.15, -0.1) is 0 Å². The van der Waals surface area contributed by atoms with Crippen molar-refractivity contribution in [3.05, 3.63) is 52.5 Å². The Bertz CT molecular complexity index is 517. The molecule has 3 nitrogen and oxygen atoms in total. The molecular formula is C14H17BrN2O. The molecule has 0 aliphatic heterocycles. The Kier molecular flexibility index (Phi) is 3.88. The third kappa shape index (κ3) is 2.49. The van der Waals surface area contributed by atoms with Gasteiger partial charge >= 0.3 is 0 Å². The van der Waals surface area contributed by atoms with Crippen LogP contribution in [0.2, 0.25) is 0 Å². The van der Waals surface area contributed by atoms with Crippen LogP contribution >= 0.6 is 15.9 Å². The van der Waals surface area contributed by atoms with Gasteiger partial charge in [-0.05, 0) is 31.0 Å². The fourth-order valence-corrected chi connectivity index (χ4v) is 2.32. The summed E-state index contributed by atoms with van der Waals surface area (Å²) in [5.41, 5.74) is -0.228. The zero-order chi connectivity index (χ0) is 13.2. The van der Waals surface area contributed by atoms with E-state index in [0.29, 0.717) is 5.82 Å². The molecule has 0 amide bonds. The molecule has 4 heteroatoms. The molecule has 18 heavy (non-hydrogen) atoms. The topological polar surface area (TPSA) is 38.0 Å². The standard InChI is InChI=1S/C14H17BrN2O/c1-3-9-17-10-8-16-13(17)14(2,18)11-4-6-12(15)7-5-11/h4-8,10,18H,3,9H2,1-2H3. The summed E-state index contributed by atoms with van der Waals surface area (Å²) in [5, 5.41) is 10.7. The zero-order valence-electron chi connectivity index (χ0n) is 10.6. The van der Waals surface area contributed by atoms with Gasteiger partial charge in [0.15, 0.2) is 0 Å². The van der Waals surface area contributed by atoms with Gasteiger partial charge in [-0.2, -0.15) is 0 Å². The van der Waals surface area contributed by atoms with Gasteiger partial charge in [-0.3, -0.25) is 0 Å². The first-order chi connectivity index (χ1) is 8.55. The lowest BCUT2D eigenvalue weighted by Gasteiger charge is -2.24. The number of hydrogen-bond acceptors (Lipinski definition) is 2. The third-order valence-corrected chi connectivity index (χ3v) is 3.55. The Morgan fingerprint density at radius 2 is 2.00 bits per heavy atom. The Morgan fingerprint density at radius 1 is 1.33 bits per heavy atom. The first-order valence-electron chi connectivity index (χ1n) is 6.05. The second-order valence-corrected chi connectivity index (χ2v) is 5.44. The molecular weight excluding hydrogens is 292 g/mol. The first-order valence-corrected chi connectivity index (χ1v) is 6.85. The minimum atomic E-state index is -1.07. The molecule has 1 aromatic carbocycles. The normalized spacial score (nSPS) is 14.4. The minimum Gasteiger partial charge on any atom is -0.377 e. The van der Waals surface area contributed by atoms with Gasteiger partial charge < -0.3 is 9.67 Å². The number of benzene rings is 1. The first kappa shape index (κ1) is 13.3. The fraction of sp³-hybridized carbons (Fsp3) is 0.357. The van der Waals surface area contributed by atoms with Crippen LogP contribution in [0.1, 0.15) is 31.7 Å². The number of rotatable bonds is 4. The number of aromatic nitrogens is 2. The van der Waals surface area contributed by atoms with Crippen LogP contribution < -0.4 is 0 Å². The molecule has 0 saturated heterocycles. The van der Waals surface area contributed by atoms with Crippen molar-refractivity contribution in [3.8, 4) is 0 Å². The lowest BCUT2D eigenvalue weighted by atomic mass is 9.95. The highest BCUT2D eigenvalue weighted by Gasteiger charge is 2.30. The van der Waals surface area contributed by atoms with Gasteiger partial charge in [-0.25, -0.2) is 4.98 Å². The van der Waals surface area contributed by atoms with Gasteiger partial charge in [-0.1, -0.05) is 35.0 Å². The fourth-order valence-electron chi connectivity index (χ4n) is 2.06. The average Bonchev–Trinajstić information content (AvgIpc) is 2.79. The van der Waals surface area contributed by atoms with Crippen molar-refractivity contribution >= 4 is 15.9 Å². The smallest absolute Gasteiger partial charge is 0.145 e. The van der Waals surface area contributed by atoms with Gasteiger partial charge in [0.1, 0.15) is 11.4 Å². The van der Waals surface area contributed by atoms with Crippen LogP contribution in [0.5, 0.6) is 0 Å². The van der Waals surface area contributed by atoms with E-state index >= 15 is 0 Å². The molecule has 1 unspecified atom stereocenters. The van der Waals surface area contributed by atoms with Crippen LogP contribution in [0.3, 0.4) is 0 Å². The maximum atomic E-state index is 10.7. The molecule has 0 bridgehead atoms.